The van der Waals surface area contributed by atoms with Crippen LogP contribution in [0.25, 0.3) is 0 Å². The second kappa shape index (κ2) is 5.56. The molecule has 1 aliphatic rings. The van der Waals surface area contributed by atoms with E-state index in [0.29, 0.717) is 6.04 Å². The van der Waals surface area contributed by atoms with Crippen molar-refractivity contribution >= 4 is 24.0 Å². The molecular formula is C10H14Cl2N2. The van der Waals surface area contributed by atoms with Crippen molar-refractivity contribution in [1.82, 2.24) is 10.6 Å². The molecule has 0 spiro atoms. The van der Waals surface area contributed by atoms with Crippen molar-refractivity contribution in [2.75, 3.05) is 19.6 Å². The van der Waals surface area contributed by atoms with E-state index in [4.69, 9.17) is 11.6 Å². The summed E-state index contributed by atoms with van der Waals surface area (Å²) >= 11 is 6.09. The number of rotatable bonds is 1. The first kappa shape index (κ1) is 11.8. The van der Waals surface area contributed by atoms with E-state index in [1.54, 1.807) is 0 Å². The standard InChI is InChI=1S/C10H13ClN2.ClH/c11-9-4-2-1-3-8(9)10-7-12-5-6-13-10;/h1-4,10,12-13H,5-7H2;1H/t10-;/m1./s1. The normalized spacial score (nSPS) is 21.4. The summed E-state index contributed by atoms with van der Waals surface area (Å²) in [4.78, 5) is 0. The molecule has 0 aliphatic carbocycles. The Labute approximate surface area is 95.4 Å². The molecule has 1 heterocycles. The van der Waals surface area contributed by atoms with E-state index in [1.165, 1.54) is 5.56 Å². The van der Waals surface area contributed by atoms with Gasteiger partial charge in [0.05, 0.1) is 0 Å². The van der Waals surface area contributed by atoms with Gasteiger partial charge in [-0.05, 0) is 11.6 Å². The molecule has 1 aliphatic heterocycles. The Morgan fingerprint density at radius 1 is 1.21 bits per heavy atom. The average Bonchev–Trinajstić information content (AvgIpc) is 2.20. The zero-order valence-electron chi connectivity index (χ0n) is 7.79. The molecule has 0 aromatic heterocycles. The van der Waals surface area contributed by atoms with Crippen LogP contribution in [0.3, 0.4) is 0 Å². The van der Waals surface area contributed by atoms with Crippen LogP contribution in [0.1, 0.15) is 11.6 Å². The average molecular weight is 233 g/mol. The van der Waals surface area contributed by atoms with Crippen molar-refractivity contribution in [3.05, 3.63) is 34.9 Å². The minimum absolute atomic E-state index is 0. The van der Waals surface area contributed by atoms with Gasteiger partial charge in [0.25, 0.3) is 0 Å². The molecule has 2 N–H and O–H groups in total. The summed E-state index contributed by atoms with van der Waals surface area (Å²) in [5, 5.41) is 7.62. The van der Waals surface area contributed by atoms with Gasteiger partial charge in [-0.25, -0.2) is 0 Å². The lowest BCUT2D eigenvalue weighted by Crippen LogP contribution is -2.42. The van der Waals surface area contributed by atoms with Crippen LogP contribution in [0.5, 0.6) is 0 Å². The zero-order chi connectivity index (χ0) is 9.10. The Morgan fingerprint density at radius 2 is 2.00 bits per heavy atom. The third-order valence-corrected chi connectivity index (χ3v) is 2.67. The lowest BCUT2D eigenvalue weighted by atomic mass is 10.1. The highest BCUT2D eigenvalue weighted by Gasteiger charge is 2.15. The smallest absolute Gasteiger partial charge is 0.0462 e. The summed E-state index contributed by atoms with van der Waals surface area (Å²) in [7, 11) is 0. The quantitative estimate of drug-likeness (QED) is 0.775. The highest BCUT2D eigenvalue weighted by Crippen LogP contribution is 2.22. The number of benzene rings is 1. The Morgan fingerprint density at radius 3 is 2.64 bits per heavy atom. The molecule has 1 atom stereocenters. The lowest BCUT2D eigenvalue weighted by molar-refractivity contribution is 0.430. The largest absolute Gasteiger partial charge is 0.314 e. The van der Waals surface area contributed by atoms with Crippen LogP contribution in [0.15, 0.2) is 24.3 Å². The van der Waals surface area contributed by atoms with Gasteiger partial charge in [0.1, 0.15) is 0 Å². The monoisotopic (exact) mass is 232 g/mol. The van der Waals surface area contributed by atoms with Gasteiger partial charge in [-0.2, -0.15) is 0 Å². The summed E-state index contributed by atoms with van der Waals surface area (Å²) in [6, 6.07) is 8.36. The van der Waals surface area contributed by atoms with E-state index in [0.717, 1.165) is 24.7 Å². The molecule has 2 nitrogen and oxygen atoms in total. The Kier molecular flexibility index (Phi) is 4.69. The molecule has 1 aromatic rings. The van der Waals surface area contributed by atoms with Crippen molar-refractivity contribution in [2.24, 2.45) is 0 Å². The maximum atomic E-state index is 6.09. The molecular weight excluding hydrogens is 219 g/mol. The molecule has 0 amide bonds. The minimum atomic E-state index is 0. The van der Waals surface area contributed by atoms with Crippen LogP contribution in [-0.4, -0.2) is 19.6 Å². The first-order valence-electron chi connectivity index (χ1n) is 4.56. The Hall–Kier alpha value is -0.280. The van der Waals surface area contributed by atoms with Crippen molar-refractivity contribution in [1.29, 1.82) is 0 Å². The van der Waals surface area contributed by atoms with Crippen LogP contribution >= 0.6 is 24.0 Å². The second-order valence-electron chi connectivity index (χ2n) is 3.23. The molecule has 1 saturated heterocycles. The molecule has 14 heavy (non-hydrogen) atoms. The predicted molar refractivity (Wildman–Crippen MR) is 62.3 cm³/mol. The fourth-order valence-corrected chi connectivity index (χ4v) is 1.90. The summed E-state index contributed by atoms with van der Waals surface area (Å²) in [6.45, 7) is 3.01. The van der Waals surface area contributed by atoms with Crippen molar-refractivity contribution < 1.29 is 0 Å². The van der Waals surface area contributed by atoms with Gasteiger partial charge in [0.2, 0.25) is 0 Å². The van der Waals surface area contributed by atoms with E-state index in [2.05, 4.69) is 16.7 Å². The third-order valence-electron chi connectivity index (χ3n) is 2.32. The van der Waals surface area contributed by atoms with Crippen molar-refractivity contribution in [3.63, 3.8) is 0 Å². The van der Waals surface area contributed by atoms with Gasteiger partial charge < -0.3 is 10.6 Å². The third kappa shape index (κ3) is 2.61. The Bertz CT molecular complexity index is 285. The zero-order valence-corrected chi connectivity index (χ0v) is 9.37. The Balaban J connectivity index is 0.000000980. The number of nitrogens with one attached hydrogen (secondary N) is 2. The molecule has 1 fully saturated rings. The minimum Gasteiger partial charge on any atom is -0.314 e. The van der Waals surface area contributed by atoms with E-state index < -0.39 is 0 Å². The van der Waals surface area contributed by atoms with Crippen molar-refractivity contribution in [3.8, 4) is 0 Å². The van der Waals surface area contributed by atoms with Gasteiger partial charge in [-0.3, -0.25) is 0 Å². The SMILES string of the molecule is Cl.Clc1ccccc1[C@H]1CNCCN1. The van der Waals surface area contributed by atoms with Crippen LogP contribution in [-0.2, 0) is 0 Å². The fourth-order valence-electron chi connectivity index (χ4n) is 1.63. The molecule has 1 aromatic carbocycles. The molecule has 4 heteroatoms. The first-order chi connectivity index (χ1) is 6.38. The first-order valence-corrected chi connectivity index (χ1v) is 4.94. The highest BCUT2D eigenvalue weighted by atomic mass is 35.5. The van der Waals surface area contributed by atoms with Gasteiger partial charge in [0.15, 0.2) is 0 Å². The van der Waals surface area contributed by atoms with Gasteiger partial charge in [-0.1, -0.05) is 29.8 Å². The van der Waals surface area contributed by atoms with Crippen molar-refractivity contribution in [2.45, 2.75) is 6.04 Å². The van der Waals surface area contributed by atoms with E-state index in [-0.39, 0.29) is 12.4 Å². The number of hydrogen-bond acceptors (Lipinski definition) is 2. The highest BCUT2D eigenvalue weighted by molar-refractivity contribution is 6.31. The second-order valence-corrected chi connectivity index (χ2v) is 3.64. The summed E-state index contributed by atoms with van der Waals surface area (Å²) in [5.41, 5.74) is 1.19. The van der Waals surface area contributed by atoms with E-state index in [1.807, 2.05) is 18.2 Å². The number of piperazine rings is 1. The lowest BCUT2D eigenvalue weighted by Gasteiger charge is -2.25. The molecule has 2 rings (SSSR count). The van der Waals surface area contributed by atoms with Crippen LogP contribution in [0, 0.1) is 0 Å². The predicted octanol–water partition coefficient (Wildman–Crippen LogP) is 2.00. The molecule has 0 radical (unpaired) electrons. The number of hydrogen-bond donors (Lipinski definition) is 2. The maximum absolute atomic E-state index is 6.09. The topological polar surface area (TPSA) is 24.1 Å². The maximum Gasteiger partial charge on any atom is 0.0462 e. The summed E-state index contributed by atoms with van der Waals surface area (Å²) in [5.74, 6) is 0. The van der Waals surface area contributed by atoms with Gasteiger partial charge in [0, 0.05) is 30.7 Å². The van der Waals surface area contributed by atoms with Gasteiger partial charge >= 0.3 is 0 Å². The van der Waals surface area contributed by atoms with Crippen LogP contribution in [0.4, 0.5) is 0 Å². The van der Waals surface area contributed by atoms with E-state index in [9.17, 15) is 0 Å². The molecule has 78 valence electrons. The molecule has 0 bridgehead atoms. The fraction of sp³-hybridized carbons (Fsp3) is 0.400. The summed E-state index contributed by atoms with van der Waals surface area (Å²) < 4.78 is 0. The van der Waals surface area contributed by atoms with E-state index >= 15 is 0 Å². The summed E-state index contributed by atoms with van der Waals surface area (Å²) in [6.07, 6.45) is 0. The molecule has 0 unspecified atom stereocenters. The number of halogens is 2. The van der Waals surface area contributed by atoms with Crippen LogP contribution < -0.4 is 10.6 Å². The molecule has 0 saturated carbocycles. The van der Waals surface area contributed by atoms with Crippen LogP contribution in [0.2, 0.25) is 5.02 Å². The van der Waals surface area contributed by atoms with Gasteiger partial charge in [-0.15, -0.1) is 12.4 Å².